The van der Waals surface area contributed by atoms with Crippen molar-refractivity contribution in [2.24, 2.45) is 11.1 Å². The highest BCUT2D eigenvalue weighted by atomic mass is 16.2. The fourth-order valence-electron chi connectivity index (χ4n) is 2.72. The molecule has 0 radical (unpaired) electrons. The van der Waals surface area contributed by atoms with Gasteiger partial charge in [0.05, 0.1) is 11.1 Å². The molecule has 1 aromatic heterocycles. The number of likely N-dealkylation sites (tertiary alicyclic amines) is 1. The number of hydrogen-bond acceptors (Lipinski definition) is 3. The van der Waals surface area contributed by atoms with Crippen LogP contribution in [0.25, 0.3) is 0 Å². The summed E-state index contributed by atoms with van der Waals surface area (Å²) >= 11 is 0. The van der Waals surface area contributed by atoms with E-state index in [0.29, 0.717) is 13.1 Å². The average molecular weight is 278 g/mol. The summed E-state index contributed by atoms with van der Waals surface area (Å²) in [7, 11) is 0. The second-order valence-corrected chi connectivity index (χ2v) is 5.93. The molecule has 2 rings (SSSR count). The van der Waals surface area contributed by atoms with Crippen LogP contribution in [0.2, 0.25) is 0 Å². The summed E-state index contributed by atoms with van der Waals surface area (Å²) in [4.78, 5) is 25.6. The lowest BCUT2D eigenvalue weighted by atomic mass is 9.81. The molecule has 0 aliphatic carbocycles. The molecule has 2 N–H and O–H groups in total. The number of carbonyl (C=O) groups excluding carboxylic acids is 2. The van der Waals surface area contributed by atoms with E-state index in [1.54, 1.807) is 9.58 Å². The van der Waals surface area contributed by atoms with Crippen LogP contribution in [-0.4, -0.2) is 39.6 Å². The quantitative estimate of drug-likeness (QED) is 0.879. The molecule has 0 spiro atoms. The van der Waals surface area contributed by atoms with Crippen LogP contribution in [0.5, 0.6) is 0 Å². The zero-order valence-electron chi connectivity index (χ0n) is 12.3. The summed E-state index contributed by atoms with van der Waals surface area (Å²) in [5, 5.41) is 4.29. The highest BCUT2D eigenvalue weighted by molar-refractivity contribution is 5.82. The minimum atomic E-state index is -0.608. The molecule has 1 aliphatic rings. The van der Waals surface area contributed by atoms with Crippen molar-refractivity contribution in [2.75, 3.05) is 13.1 Å². The van der Waals surface area contributed by atoms with Crippen LogP contribution in [0.3, 0.4) is 0 Å². The molecular weight excluding hydrogens is 256 g/mol. The number of aromatic nitrogens is 2. The third-order valence-corrected chi connectivity index (χ3v) is 4.03. The van der Waals surface area contributed by atoms with E-state index in [1.807, 2.05) is 26.8 Å². The lowest BCUT2D eigenvalue weighted by molar-refractivity contribution is -0.139. The van der Waals surface area contributed by atoms with Crippen LogP contribution in [0.15, 0.2) is 6.07 Å². The summed E-state index contributed by atoms with van der Waals surface area (Å²) in [5.74, 6) is -0.343. The minimum absolute atomic E-state index is 0.0108. The molecule has 20 heavy (non-hydrogen) atoms. The van der Waals surface area contributed by atoms with Crippen molar-refractivity contribution in [2.45, 2.75) is 40.2 Å². The summed E-state index contributed by atoms with van der Waals surface area (Å²) < 4.78 is 1.70. The third kappa shape index (κ3) is 2.84. The second kappa shape index (κ2) is 5.26. The SMILES string of the molecule is Cc1cc(C)n(CC(=O)N2CCCC(C)(C(N)=O)C2)n1. The Balaban J connectivity index is 2.06. The van der Waals surface area contributed by atoms with Gasteiger partial charge in [-0.15, -0.1) is 0 Å². The fraction of sp³-hybridized carbons (Fsp3) is 0.643. The summed E-state index contributed by atoms with van der Waals surface area (Å²) in [6.45, 7) is 6.96. The first-order chi connectivity index (χ1) is 9.32. The van der Waals surface area contributed by atoms with E-state index in [0.717, 1.165) is 24.2 Å². The normalized spacial score (nSPS) is 22.9. The molecule has 1 unspecified atom stereocenters. The van der Waals surface area contributed by atoms with E-state index >= 15 is 0 Å². The van der Waals surface area contributed by atoms with E-state index in [-0.39, 0.29) is 18.4 Å². The number of aryl methyl sites for hydroxylation is 2. The Labute approximate surface area is 118 Å². The topological polar surface area (TPSA) is 81.2 Å². The third-order valence-electron chi connectivity index (χ3n) is 4.03. The van der Waals surface area contributed by atoms with Gasteiger partial charge in [-0.3, -0.25) is 14.3 Å². The molecule has 0 aromatic carbocycles. The Morgan fingerprint density at radius 2 is 2.15 bits per heavy atom. The van der Waals surface area contributed by atoms with Crippen molar-refractivity contribution in [3.63, 3.8) is 0 Å². The van der Waals surface area contributed by atoms with E-state index < -0.39 is 5.41 Å². The molecule has 6 heteroatoms. The van der Waals surface area contributed by atoms with Gasteiger partial charge in [0.15, 0.2) is 0 Å². The van der Waals surface area contributed by atoms with Gasteiger partial charge in [0.1, 0.15) is 6.54 Å². The first-order valence-electron chi connectivity index (χ1n) is 6.90. The smallest absolute Gasteiger partial charge is 0.244 e. The number of primary amides is 1. The number of nitrogens with zero attached hydrogens (tertiary/aromatic N) is 3. The molecule has 1 fully saturated rings. The molecule has 1 aliphatic heterocycles. The monoisotopic (exact) mass is 278 g/mol. The number of carbonyl (C=O) groups is 2. The Morgan fingerprint density at radius 1 is 1.45 bits per heavy atom. The van der Waals surface area contributed by atoms with E-state index in [1.165, 1.54) is 0 Å². The van der Waals surface area contributed by atoms with Crippen molar-refractivity contribution >= 4 is 11.8 Å². The molecule has 0 bridgehead atoms. The minimum Gasteiger partial charge on any atom is -0.369 e. The maximum absolute atomic E-state index is 12.4. The first-order valence-corrected chi connectivity index (χ1v) is 6.90. The van der Waals surface area contributed by atoms with Gasteiger partial charge in [0.2, 0.25) is 11.8 Å². The van der Waals surface area contributed by atoms with Gasteiger partial charge in [-0.25, -0.2) is 0 Å². The van der Waals surface area contributed by atoms with Crippen LogP contribution >= 0.6 is 0 Å². The molecule has 1 saturated heterocycles. The predicted octanol–water partition coefficient (Wildman–Crippen LogP) is 0.614. The molecule has 0 saturated carbocycles. The van der Waals surface area contributed by atoms with Crippen LogP contribution < -0.4 is 5.73 Å². The highest BCUT2D eigenvalue weighted by Crippen LogP contribution is 2.29. The Bertz CT molecular complexity index is 537. The zero-order chi connectivity index (χ0) is 14.9. The fourth-order valence-corrected chi connectivity index (χ4v) is 2.72. The molecule has 1 aromatic rings. The van der Waals surface area contributed by atoms with Crippen LogP contribution in [0.4, 0.5) is 0 Å². The van der Waals surface area contributed by atoms with Gasteiger partial charge in [-0.05, 0) is 39.7 Å². The number of piperidine rings is 1. The zero-order valence-corrected chi connectivity index (χ0v) is 12.3. The molecule has 110 valence electrons. The summed E-state index contributed by atoms with van der Waals surface area (Å²) in [6, 6.07) is 1.94. The molecule has 6 nitrogen and oxygen atoms in total. The van der Waals surface area contributed by atoms with E-state index in [9.17, 15) is 9.59 Å². The lowest BCUT2D eigenvalue weighted by Gasteiger charge is -2.38. The van der Waals surface area contributed by atoms with Gasteiger partial charge in [-0.1, -0.05) is 0 Å². The maximum atomic E-state index is 12.4. The van der Waals surface area contributed by atoms with E-state index in [4.69, 9.17) is 5.73 Å². The predicted molar refractivity (Wildman–Crippen MR) is 74.8 cm³/mol. The van der Waals surface area contributed by atoms with Crippen LogP contribution in [0, 0.1) is 19.3 Å². The lowest BCUT2D eigenvalue weighted by Crippen LogP contribution is -2.51. The van der Waals surface area contributed by atoms with Gasteiger partial charge in [0.25, 0.3) is 0 Å². The first kappa shape index (κ1) is 14.6. The summed E-state index contributed by atoms with van der Waals surface area (Å²) in [6.07, 6.45) is 1.55. The second-order valence-electron chi connectivity index (χ2n) is 5.93. The Hall–Kier alpha value is -1.85. The van der Waals surface area contributed by atoms with Crippen molar-refractivity contribution < 1.29 is 9.59 Å². The molecule has 1 atom stereocenters. The number of nitrogens with two attached hydrogens (primary N) is 1. The molecular formula is C14H22N4O2. The van der Waals surface area contributed by atoms with Crippen molar-refractivity contribution in [1.82, 2.24) is 14.7 Å². The number of hydrogen-bond donors (Lipinski definition) is 1. The van der Waals surface area contributed by atoms with Crippen molar-refractivity contribution in [3.05, 3.63) is 17.5 Å². The van der Waals surface area contributed by atoms with Crippen LogP contribution in [0.1, 0.15) is 31.2 Å². The number of rotatable bonds is 3. The van der Waals surface area contributed by atoms with Gasteiger partial charge >= 0.3 is 0 Å². The summed E-state index contributed by atoms with van der Waals surface area (Å²) in [5.41, 5.74) is 6.70. The maximum Gasteiger partial charge on any atom is 0.244 e. The Kier molecular flexibility index (Phi) is 3.83. The van der Waals surface area contributed by atoms with Crippen molar-refractivity contribution in [1.29, 1.82) is 0 Å². The largest absolute Gasteiger partial charge is 0.369 e. The molecule has 2 amide bonds. The highest BCUT2D eigenvalue weighted by Gasteiger charge is 2.37. The van der Waals surface area contributed by atoms with Gasteiger partial charge < -0.3 is 10.6 Å². The van der Waals surface area contributed by atoms with Crippen molar-refractivity contribution in [3.8, 4) is 0 Å². The van der Waals surface area contributed by atoms with Gasteiger partial charge in [-0.2, -0.15) is 5.10 Å². The van der Waals surface area contributed by atoms with Gasteiger partial charge in [0, 0.05) is 18.8 Å². The Morgan fingerprint density at radius 3 is 2.70 bits per heavy atom. The van der Waals surface area contributed by atoms with E-state index in [2.05, 4.69) is 5.10 Å². The molecule has 2 heterocycles. The average Bonchev–Trinajstić information content (AvgIpc) is 2.67. The standard InChI is InChI=1S/C14H22N4O2/c1-10-7-11(2)18(16-10)8-12(19)17-6-4-5-14(3,9-17)13(15)20/h7H,4-6,8-9H2,1-3H3,(H2,15,20). The number of amides is 2. The van der Waals surface area contributed by atoms with Crippen LogP contribution in [-0.2, 0) is 16.1 Å².